The van der Waals surface area contributed by atoms with E-state index in [2.05, 4.69) is 0 Å². The maximum atomic E-state index is 13.1. The Kier molecular flexibility index (Phi) is 4.49. The van der Waals surface area contributed by atoms with Crippen molar-refractivity contribution in [3.05, 3.63) is 35.1 Å². The molecule has 0 radical (unpaired) electrons. The lowest BCUT2D eigenvalue weighted by molar-refractivity contribution is 0.0851. The lowest BCUT2D eigenvalue weighted by atomic mass is 9.81. The predicted molar refractivity (Wildman–Crippen MR) is 76.7 cm³/mol. The van der Waals surface area contributed by atoms with Gasteiger partial charge in [0.2, 0.25) is 0 Å². The van der Waals surface area contributed by atoms with Crippen LogP contribution in [0.1, 0.15) is 42.9 Å². The third kappa shape index (κ3) is 3.38. The molecule has 1 aromatic carbocycles. The first kappa shape index (κ1) is 15.4. The van der Waals surface area contributed by atoms with E-state index in [9.17, 15) is 17.9 Å². The quantitative estimate of drug-likeness (QED) is 0.934. The predicted octanol–water partition coefficient (Wildman–Crippen LogP) is 2.77. The average Bonchev–Trinajstić information content (AvgIpc) is 2.37. The van der Waals surface area contributed by atoms with Gasteiger partial charge in [-0.25, -0.2) is 12.8 Å². The number of aliphatic hydroxyl groups excluding tert-OH is 1. The second kappa shape index (κ2) is 5.82. The smallest absolute Gasteiger partial charge is 0.150 e. The number of sulfone groups is 1. The summed E-state index contributed by atoms with van der Waals surface area (Å²) in [6.07, 6.45) is 3.31. The van der Waals surface area contributed by atoms with E-state index in [1.807, 2.05) is 0 Å². The van der Waals surface area contributed by atoms with E-state index >= 15 is 0 Å². The summed E-state index contributed by atoms with van der Waals surface area (Å²) >= 11 is 0. The normalized spacial score (nSPS) is 25.4. The van der Waals surface area contributed by atoms with Crippen LogP contribution in [0, 0.1) is 18.7 Å². The molecule has 20 heavy (non-hydrogen) atoms. The summed E-state index contributed by atoms with van der Waals surface area (Å²) in [5.74, 6) is -0.399. The second-order valence-corrected chi connectivity index (χ2v) is 8.15. The first-order valence-corrected chi connectivity index (χ1v) is 8.87. The molecule has 0 aliphatic heterocycles. The standard InChI is InChI=1S/C15H21FO3S/c1-10-8-12(16)6-7-14(10)15(17)11-4-3-5-13(9-11)20(2,18)19/h6-8,11,13,15,17H,3-5,9H2,1-2H3. The zero-order valence-corrected chi connectivity index (χ0v) is 12.7. The van der Waals surface area contributed by atoms with Crippen LogP contribution in [0.3, 0.4) is 0 Å². The highest BCUT2D eigenvalue weighted by atomic mass is 32.2. The first-order chi connectivity index (χ1) is 9.29. The van der Waals surface area contributed by atoms with E-state index in [4.69, 9.17) is 0 Å². The Hall–Kier alpha value is -0.940. The van der Waals surface area contributed by atoms with E-state index in [0.29, 0.717) is 24.0 Å². The molecule has 1 aromatic rings. The highest BCUT2D eigenvalue weighted by molar-refractivity contribution is 7.91. The van der Waals surface area contributed by atoms with Crippen LogP contribution in [0.4, 0.5) is 4.39 Å². The molecule has 1 N–H and O–H groups in total. The average molecular weight is 300 g/mol. The number of aliphatic hydroxyl groups is 1. The minimum atomic E-state index is -3.06. The Bertz CT molecular complexity index is 583. The Balaban J connectivity index is 2.18. The molecule has 2 rings (SSSR count). The minimum Gasteiger partial charge on any atom is -0.388 e. The Morgan fingerprint density at radius 3 is 2.65 bits per heavy atom. The monoisotopic (exact) mass is 300 g/mol. The molecular formula is C15H21FO3S. The highest BCUT2D eigenvalue weighted by Crippen LogP contribution is 2.37. The molecule has 0 amide bonds. The van der Waals surface area contributed by atoms with Gasteiger partial charge in [0, 0.05) is 6.26 Å². The van der Waals surface area contributed by atoms with Gasteiger partial charge in [0.1, 0.15) is 15.7 Å². The van der Waals surface area contributed by atoms with Crippen molar-refractivity contribution in [2.24, 2.45) is 5.92 Å². The summed E-state index contributed by atoms with van der Waals surface area (Å²) < 4.78 is 36.5. The summed E-state index contributed by atoms with van der Waals surface area (Å²) in [5, 5.41) is 10.1. The van der Waals surface area contributed by atoms with E-state index < -0.39 is 15.9 Å². The Labute approximate surface area is 119 Å². The van der Waals surface area contributed by atoms with Crippen molar-refractivity contribution in [1.29, 1.82) is 0 Å². The number of aryl methyl sites for hydroxylation is 1. The number of hydrogen-bond acceptors (Lipinski definition) is 3. The third-order valence-corrected chi connectivity index (χ3v) is 5.91. The topological polar surface area (TPSA) is 54.4 Å². The van der Waals surface area contributed by atoms with Crippen molar-refractivity contribution in [3.63, 3.8) is 0 Å². The van der Waals surface area contributed by atoms with Crippen LogP contribution in [0.5, 0.6) is 0 Å². The van der Waals surface area contributed by atoms with Crippen molar-refractivity contribution in [2.75, 3.05) is 6.26 Å². The van der Waals surface area contributed by atoms with Crippen molar-refractivity contribution >= 4 is 9.84 Å². The van der Waals surface area contributed by atoms with Crippen molar-refractivity contribution in [3.8, 4) is 0 Å². The minimum absolute atomic E-state index is 0.0763. The maximum Gasteiger partial charge on any atom is 0.150 e. The van der Waals surface area contributed by atoms with Crippen LogP contribution < -0.4 is 0 Å². The van der Waals surface area contributed by atoms with Gasteiger partial charge < -0.3 is 5.11 Å². The zero-order valence-electron chi connectivity index (χ0n) is 11.8. The molecule has 1 aliphatic carbocycles. The van der Waals surface area contributed by atoms with Crippen LogP contribution in [-0.2, 0) is 9.84 Å². The molecule has 3 atom stereocenters. The fourth-order valence-electron chi connectivity index (χ4n) is 3.08. The van der Waals surface area contributed by atoms with Gasteiger partial charge in [0.15, 0.2) is 0 Å². The first-order valence-electron chi connectivity index (χ1n) is 6.92. The lowest BCUT2D eigenvalue weighted by Gasteiger charge is -2.32. The number of benzene rings is 1. The zero-order chi connectivity index (χ0) is 14.9. The van der Waals surface area contributed by atoms with E-state index in [1.165, 1.54) is 18.4 Å². The largest absolute Gasteiger partial charge is 0.388 e. The van der Waals surface area contributed by atoms with Crippen LogP contribution in [0.25, 0.3) is 0 Å². The molecular weight excluding hydrogens is 279 g/mol. The summed E-state index contributed by atoms with van der Waals surface area (Å²) in [6.45, 7) is 1.76. The highest BCUT2D eigenvalue weighted by Gasteiger charge is 2.33. The maximum absolute atomic E-state index is 13.1. The van der Waals surface area contributed by atoms with Crippen molar-refractivity contribution in [1.82, 2.24) is 0 Å². The van der Waals surface area contributed by atoms with E-state index in [1.54, 1.807) is 13.0 Å². The van der Waals surface area contributed by atoms with Gasteiger partial charge in [-0.3, -0.25) is 0 Å². The molecule has 3 unspecified atom stereocenters. The second-order valence-electron chi connectivity index (χ2n) is 5.82. The fraction of sp³-hybridized carbons (Fsp3) is 0.600. The Morgan fingerprint density at radius 2 is 2.05 bits per heavy atom. The van der Waals surface area contributed by atoms with Gasteiger partial charge in [-0.15, -0.1) is 0 Å². The van der Waals surface area contributed by atoms with Crippen molar-refractivity contribution < 1.29 is 17.9 Å². The molecule has 0 bridgehead atoms. The molecule has 0 aromatic heterocycles. The molecule has 1 fully saturated rings. The van der Waals surface area contributed by atoms with Crippen LogP contribution >= 0.6 is 0 Å². The molecule has 1 aliphatic rings. The number of hydrogen-bond donors (Lipinski definition) is 1. The molecule has 0 saturated heterocycles. The molecule has 0 heterocycles. The van der Waals surface area contributed by atoms with Gasteiger partial charge >= 0.3 is 0 Å². The van der Waals surface area contributed by atoms with Gasteiger partial charge in [0.05, 0.1) is 11.4 Å². The van der Waals surface area contributed by atoms with Gasteiger partial charge in [-0.05, 0) is 55.4 Å². The molecule has 112 valence electrons. The van der Waals surface area contributed by atoms with E-state index in [0.717, 1.165) is 12.8 Å². The van der Waals surface area contributed by atoms with Gasteiger partial charge in [-0.2, -0.15) is 0 Å². The SMILES string of the molecule is Cc1cc(F)ccc1C(O)C1CCCC(S(C)(=O)=O)C1. The van der Waals surface area contributed by atoms with Gasteiger partial charge in [0.25, 0.3) is 0 Å². The molecule has 0 spiro atoms. The Morgan fingerprint density at radius 1 is 1.35 bits per heavy atom. The fourth-order valence-corrected chi connectivity index (χ4v) is 4.27. The third-order valence-electron chi connectivity index (χ3n) is 4.27. The van der Waals surface area contributed by atoms with Crippen LogP contribution in [0.15, 0.2) is 18.2 Å². The molecule has 3 nitrogen and oxygen atoms in total. The molecule has 5 heteroatoms. The summed E-state index contributed by atoms with van der Waals surface area (Å²) in [6, 6.07) is 4.33. The lowest BCUT2D eigenvalue weighted by Crippen LogP contribution is -2.30. The van der Waals surface area contributed by atoms with Crippen molar-refractivity contribution in [2.45, 2.75) is 44.0 Å². The van der Waals surface area contributed by atoms with Crippen LogP contribution in [-0.4, -0.2) is 25.0 Å². The number of halogens is 1. The molecule has 1 saturated carbocycles. The summed E-state index contributed by atoms with van der Waals surface area (Å²) in [7, 11) is -3.06. The summed E-state index contributed by atoms with van der Waals surface area (Å²) in [4.78, 5) is 0. The van der Waals surface area contributed by atoms with E-state index in [-0.39, 0.29) is 17.0 Å². The van der Waals surface area contributed by atoms with Crippen LogP contribution in [0.2, 0.25) is 0 Å². The van der Waals surface area contributed by atoms with Gasteiger partial charge in [-0.1, -0.05) is 12.5 Å². The number of rotatable bonds is 3. The summed E-state index contributed by atoms with van der Waals surface area (Å²) in [5.41, 5.74) is 1.41.